The van der Waals surface area contributed by atoms with Crippen LogP contribution in [0.3, 0.4) is 0 Å². The Kier molecular flexibility index (Phi) is 3.06. The van der Waals surface area contributed by atoms with Crippen molar-refractivity contribution in [2.24, 2.45) is 5.92 Å². The normalized spacial score (nSPS) is 22.5. The van der Waals surface area contributed by atoms with Crippen LogP contribution >= 0.6 is 11.3 Å². The molecule has 1 aromatic heterocycles. The molecule has 0 spiro atoms. The maximum atomic E-state index is 12.1. The van der Waals surface area contributed by atoms with E-state index >= 15 is 0 Å². The largest absolute Gasteiger partial charge is 0.397 e. The van der Waals surface area contributed by atoms with E-state index in [2.05, 4.69) is 18.7 Å². The molecule has 1 saturated heterocycles. The molecular formula is C14H20N2O2S. The van der Waals surface area contributed by atoms with Gasteiger partial charge in [-0.2, -0.15) is 0 Å². The molecule has 0 unspecified atom stereocenters. The minimum absolute atomic E-state index is 0.141. The van der Waals surface area contributed by atoms with Crippen LogP contribution in [0.4, 0.5) is 10.7 Å². The first-order valence-corrected chi connectivity index (χ1v) is 7.60. The molecule has 3 rings (SSSR count). The second kappa shape index (κ2) is 4.49. The van der Waals surface area contributed by atoms with Crippen molar-refractivity contribution in [1.29, 1.82) is 0 Å². The van der Waals surface area contributed by atoms with Crippen LogP contribution in [0.5, 0.6) is 0 Å². The molecule has 0 radical (unpaired) electrons. The first kappa shape index (κ1) is 12.9. The van der Waals surface area contributed by atoms with Gasteiger partial charge in [0, 0.05) is 19.0 Å². The summed E-state index contributed by atoms with van der Waals surface area (Å²) in [4.78, 5) is 15.2. The van der Waals surface area contributed by atoms with Crippen molar-refractivity contribution < 1.29 is 9.53 Å². The molecule has 2 N–H and O–H groups in total. The van der Waals surface area contributed by atoms with Crippen LogP contribution < -0.4 is 10.6 Å². The van der Waals surface area contributed by atoms with Crippen molar-refractivity contribution in [3.8, 4) is 0 Å². The van der Waals surface area contributed by atoms with Crippen LogP contribution in [-0.4, -0.2) is 31.1 Å². The molecule has 4 nitrogen and oxygen atoms in total. The number of ether oxygens (including phenoxy) is 1. The molecule has 0 aromatic carbocycles. The van der Waals surface area contributed by atoms with E-state index < -0.39 is 0 Å². The Bertz CT molecular complexity index is 506. The van der Waals surface area contributed by atoms with Gasteiger partial charge in [0.2, 0.25) is 0 Å². The molecule has 1 aliphatic carbocycles. The molecule has 1 aliphatic heterocycles. The number of nitrogens with zero attached hydrogens (tertiary/aromatic N) is 1. The summed E-state index contributed by atoms with van der Waals surface area (Å²) in [5.74, 6) is 0.469. The molecule has 0 atom stereocenters. The van der Waals surface area contributed by atoms with Gasteiger partial charge in [-0.15, -0.1) is 11.3 Å². The van der Waals surface area contributed by atoms with Crippen molar-refractivity contribution in [3.05, 3.63) is 10.9 Å². The summed E-state index contributed by atoms with van der Waals surface area (Å²) >= 11 is 1.54. The number of rotatable bonds is 3. The summed E-state index contributed by atoms with van der Waals surface area (Å²) in [6, 6.07) is 1.95. The van der Waals surface area contributed by atoms with E-state index in [-0.39, 0.29) is 17.3 Å². The van der Waals surface area contributed by atoms with Gasteiger partial charge < -0.3 is 15.4 Å². The topological polar surface area (TPSA) is 55.6 Å². The number of ketones is 1. The summed E-state index contributed by atoms with van der Waals surface area (Å²) in [7, 11) is 0. The van der Waals surface area contributed by atoms with Crippen LogP contribution in [0, 0.1) is 5.92 Å². The van der Waals surface area contributed by atoms with Crippen LogP contribution in [0.15, 0.2) is 6.07 Å². The number of hydrogen-bond acceptors (Lipinski definition) is 5. The van der Waals surface area contributed by atoms with Crippen molar-refractivity contribution in [1.82, 2.24) is 0 Å². The SMILES string of the molecule is CC1(C)CN(c2cc(N)c(C(=O)C3CC3)s2)CCO1. The lowest BCUT2D eigenvalue weighted by Gasteiger charge is -2.38. The van der Waals surface area contributed by atoms with Crippen molar-refractivity contribution in [2.75, 3.05) is 30.3 Å². The third kappa shape index (κ3) is 2.62. The molecule has 19 heavy (non-hydrogen) atoms. The number of thiophene rings is 1. The molecule has 2 aliphatic rings. The van der Waals surface area contributed by atoms with Gasteiger partial charge in [-0.05, 0) is 32.8 Å². The van der Waals surface area contributed by atoms with Gasteiger partial charge in [0.1, 0.15) is 0 Å². The Balaban J connectivity index is 1.81. The number of anilines is 2. The predicted octanol–water partition coefficient (Wildman–Crippen LogP) is 2.54. The van der Waals surface area contributed by atoms with Crippen LogP contribution in [0.1, 0.15) is 36.4 Å². The van der Waals surface area contributed by atoms with Gasteiger partial charge >= 0.3 is 0 Å². The monoisotopic (exact) mass is 280 g/mol. The second-order valence-corrected chi connectivity index (χ2v) is 7.07. The Morgan fingerprint density at radius 1 is 1.53 bits per heavy atom. The third-order valence-electron chi connectivity index (χ3n) is 3.66. The fourth-order valence-corrected chi connectivity index (χ4v) is 3.60. The van der Waals surface area contributed by atoms with Gasteiger partial charge in [-0.1, -0.05) is 0 Å². The number of Topliss-reactive ketones (excluding diaryl/α,β-unsaturated/α-hetero) is 1. The fourth-order valence-electron chi connectivity index (χ4n) is 2.48. The third-order valence-corrected chi connectivity index (χ3v) is 4.88. The van der Waals surface area contributed by atoms with E-state index in [4.69, 9.17) is 10.5 Å². The standard InChI is InChI=1S/C14H20N2O2S/c1-14(2)8-16(5-6-18-14)11-7-10(15)13(19-11)12(17)9-3-4-9/h7,9H,3-6,8,15H2,1-2H3. The average Bonchev–Trinajstić information content (AvgIpc) is 3.10. The van der Waals surface area contributed by atoms with E-state index in [0.717, 1.165) is 42.4 Å². The van der Waals surface area contributed by atoms with Crippen molar-refractivity contribution in [2.45, 2.75) is 32.3 Å². The summed E-state index contributed by atoms with van der Waals surface area (Å²) in [5.41, 5.74) is 6.51. The summed E-state index contributed by atoms with van der Waals surface area (Å²) < 4.78 is 5.71. The van der Waals surface area contributed by atoms with Crippen LogP contribution in [0.2, 0.25) is 0 Å². The first-order valence-electron chi connectivity index (χ1n) is 6.79. The van der Waals surface area contributed by atoms with E-state index in [1.54, 1.807) is 0 Å². The van der Waals surface area contributed by atoms with Crippen LogP contribution in [0.25, 0.3) is 0 Å². The molecule has 1 aromatic rings. The van der Waals surface area contributed by atoms with Gasteiger partial charge in [0.05, 0.1) is 27.8 Å². The summed E-state index contributed by atoms with van der Waals surface area (Å²) in [5, 5.41) is 1.10. The van der Waals surface area contributed by atoms with Gasteiger partial charge in [0.15, 0.2) is 5.78 Å². The van der Waals surface area contributed by atoms with E-state index in [0.29, 0.717) is 5.69 Å². The molecule has 2 heterocycles. The highest BCUT2D eigenvalue weighted by molar-refractivity contribution is 7.18. The number of carbonyl (C=O) groups is 1. The van der Waals surface area contributed by atoms with Gasteiger partial charge in [-0.3, -0.25) is 4.79 Å². The zero-order chi connectivity index (χ0) is 13.6. The maximum Gasteiger partial charge on any atom is 0.178 e. The molecule has 5 heteroatoms. The lowest BCUT2D eigenvalue weighted by Crippen LogP contribution is -2.48. The molecule has 0 bridgehead atoms. The Labute approximate surface area is 117 Å². The highest BCUT2D eigenvalue weighted by Crippen LogP contribution is 2.40. The molecule has 0 amide bonds. The zero-order valence-electron chi connectivity index (χ0n) is 11.4. The number of nitrogens with two attached hydrogens (primary N) is 1. The van der Waals surface area contributed by atoms with Crippen molar-refractivity contribution >= 4 is 27.8 Å². The Hall–Kier alpha value is -1.07. The molecule has 104 valence electrons. The van der Waals surface area contributed by atoms with E-state index in [9.17, 15) is 4.79 Å². The number of nitrogen functional groups attached to an aromatic ring is 1. The summed E-state index contributed by atoms with van der Waals surface area (Å²) in [6.45, 7) is 6.60. The Morgan fingerprint density at radius 2 is 2.26 bits per heavy atom. The minimum Gasteiger partial charge on any atom is -0.397 e. The fraction of sp³-hybridized carbons (Fsp3) is 0.643. The minimum atomic E-state index is -0.141. The van der Waals surface area contributed by atoms with Gasteiger partial charge in [0.25, 0.3) is 0 Å². The Morgan fingerprint density at radius 3 is 2.89 bits per heavy atom. The molecular weight excluding hydrogens is 260 g/mol. The zero-order valence-corrected chi connectivity index (χ0v) is 12.3. The highest BCUT2D eigenvalue weighted by Gasteiger charge is 2.34. The number of hydrogen-bond donors (Lipinski definition) is 1. The maximum absolute atomic E-state index is 12.1. The van der Waals surface area contributed by atoms with Crippen LogP contribution in [-0.2, 0) is 4.74 Å². The van der Waals surface area contributed by atoms with E-state index in [1.165, 1.54) is 11.3 Å². The lowest BCUT2D eigenvalue weighted by atomic mass is 10.1. The average molecular weight is 280 g/mol. The smallest absolute Gasteiger partial charge is 0.178 e. The second-order valence-electron chi connectivity index (χ2n) is 6.04. The quantitative estimate of drug-likeness (QED) is 0.865. The number of carbonyl (C=O) groups excluding carboxylic acids is 1. The highest BCUT2D eigenvalue weighted by atomic mass is 32.1. The van der Waals surface area contributed by atoms with Crippen molar-refractivity contribution in [3.63, 3.8) is 0 Å². The van der Waals surface area contributed by atoms with E-state index in [1.807, 2.05) is 6.07 Å². The summed E-state index contributed by atoms with van der Waals surface area (Å²) in [6.07, 6.45) is 2.05. The first-order chi connectivity index (χ1) is 8.96. The number of morpholine rings is 1. The molecule has 2 fully saturated rings. The predicted molar refractivity (Wildman–Crippen MR) is 78.0 cm³/mol. The van der Waals surface area contributed by atoms with Gasteiger partial charge in [-0.25, -0.2) is 0 Å². The molecule has 1 saturated carbocycles. The lowest BCUT2D eigenvalue weighted by molar-refractivity contribution is -0.0275.